The van der Waals surface area contributed by atoms with Crippen LogP contribution in [0.15, 0.2) is 42.5 Å². The zero-order valence-electron chi connectivity index (χ0n) is 19.1. The second-order valence-corrected chi connectivity index (χ2v) is 8.65. The van der Waals surface area contributed by atoms with Crippen molar-refractivity contribution >= 4 is 28.6 Å². The number of amides is 2. The molecule has 0 unspecified atom stereocenters. The molecule has 0 aliphatic heterocycles. The Morgan fingerprint density at radius 3 is 2.56 bits per heavy atom. The van der Waals surface area contributed by atoms with Crippen LogP contribution in [0, 0.1) is 6.92 Å². The second-order valence-electron chi connectivity index (χ2n) is 8.65. The molecule has 2 amide bonds. The molecule has 8 nitrogen and oxygen atoms in total. The van der Waals surface area contributed by atoms with Crippen molar-refractivity contribution in [3.63, 3.8) is 0 Å². The molecule has 0 fully saturated rings. The first-order valence-corrected chi connectivity index (χ1v) is 10.6. The van der Waals surface area contributed by atoms with Crippen molar-refractivity contribution in [1.82, 2.24) is 15.1 Å². The summed E-state index contributed by atoms with van der Waals surface area (Å²) in [6, 6.07) is 12.4. The number of aliphatic hydroxyl groups excluding tert-OH is 1. The van der Waals surface area contributed by atoms with Crippen LogP contribution in [0.3, 0.4) is 0 Å². The summed E-state index contributed by atoms with van der Waals surface area (Å²) in [5.74, 6) is -0.546. The molecule has 0 radical (unpaired) electrons. The highest BCUT2D eigenvalue weighted by Gasteiger charge is 2.24. The van der Waals surface area contributed by atoms with E-state index in [-0.39, 0.29) is 0 Å². The van der Waals surface area contributed by atoms with E-state index < -0.39 is 30.3 Å². The van der Waals surface area contributed by atoms with E-state index in [0.717, 1.165) is 34.3 Å². The topological polar surface area (TPSA) is 105 Å². The third-order valence-corrected chi connectivity index (χ3v) is 4.80. The quantitative estimate of drug-likeness (QED) is 0.544. The Balaban J connectivity index is 1.87. The van der Waals surface area contributed by atoms with Crippen molar-refractivity contribution in [2.24, 2.45) is 0 Å². The first-order chi connectivity index (χ1) is 15.1. The number of benzene rings is 2. The van der Waals surface area contributed by atoms with Gasteiger partial charge in [-0.05, 0) is 70.0 Å². The number of anilines is 1. The van der Waals surface area contributed by atoms with Crippen LogP contribution in [0.25, 0.3) is 16.6 Å². The molecule has 3 aromatic rings. The number of aryl methyl sites for hydroxylation is 2. The van der Waals surface area contributed by atoms with Crippen molar-refractivity contribution in [3.8, 4) is 5.69 Å². The van der Waals surface area contributed by atoms with Crippen LogP contribution in [0.4, 0.5) is 10.5 Å². The molecule has 3 rings (SSSR count). The average molecular weight is 439 g/mol. The first kappa shape index (κ1) is 23.3. The van der Waals surface area contributed by atoms with Crippen LogP contribution in [-0.2, 0) is 16.0 Å². The van der Waals surface area contributed by atoms with Crippen molar-refractivity contribution in [3.05, 3.63) is 53.7 Å². The monoisotopic (exact) mass is 438 g/mol. The number of nitrogens with one attached hydrogen (secondary N) is 2. The number of hydrogen-bond acceptors (Lipinski definition) is 5. The Hall–Kier alpha value is -3.39. The summed E-state index contributed by atoms with van der Waals surface area (Å²) < 4.78 is 7.03. The lowest BCUT2D eigenvalue weighted by Crippen LogP contribution is -2.47. The van der Waals surface area contributed by atoms with Crippen LogP contribution in [0.2, 0.25) is 0 Å². The molecule has 0 spiro atoms. The molecule has 0 aliphatic rings. The van der Waals surface area contributed by atoms with E-state index in [0.29, 0.717) is 5.69 Å². The molecular weight excluding hydrogens is 408 g/mol. The molecule has 0 bridgehead atoms. The van der Waals surface area contributed by atoms with E-state index in [2.05, 4.69) is 10.6 Å². The molecule has 0 saturated carbocycles. The average Bonchev–Trinajstić information content (AvgIpc) is 3.08. The van der Waals surface area contributed by atoms with Gasteiger partial charge in [-0.2, -0.15) is 5.10 Å². The first-order valence-electron chi connectivity index (χ1n) is 10.6. The largest absolute Gasteiger partial charge is 0.444 e. The lowest BCUT2D eigenvalue weighted by Gasteiger charge is -2.22. The summed E-state index contributed by atoms with van der Waals surface area (Å²) in [7, 11) is 0. The smallest absolute Gasteiger partial charge is 0.408 e. The molecule has 0 saturated heterocycles. The summed E-state index contributed by atoms with van der Waals surface area (Å²) in [5.41, 5.74) is 3.68. The third-order valence-electron chi connectivity index (χ3n) is 4.80. The molecule has 0 aliphatic carbocycles. The molecule has 8 heteroatoms. The molecule has 1 aromatic heterocycles. The number of aliphatic hydroxyl groups is 1. The number of rotatable bonds is 6. The standard InChI is InChI=1S/C24H30N4O4/c1-6-19-18-11-10-16(13-21(18)28(27-19)17-9-7-8-15(2)12-17)25-22(30)20(14-29)26-23(31)32-24(3,4)5/h7-13,20,29H,6,14H2,1-5H3,(H,25,30)(H,26,31)/t20-/m0/s1. The van der Waals surface area contributed by atoms with Gasteiger partial charge < -0.3 is 20.5 Å². The van der Waals surface area contributed by atoms with Crippen LogP contribution >= 0.6 is 0 Å². The van der Waals surface area contributed by atoms with E-state index in [1.165, 1.54) is 0 Å². The molecule has 1 heterocycles. The van der Waals surface area contributed by atoms with Crippen molar-refractivity contribution in [1.29, 1.82) is 0 Å². The fourth-order valence-electron chi connectivity index (χ4n) is 3.35. The van der Waals surface area contributed by atoms with Gasteiger partial charge >= 0.3 is 6.09 Å². The van der Waals surface area contributed by atoms with E-state index in [4.69, 9.17) is 9.84 Å². The summed E-state index contributed by atoms with van der Waals surface area (Å²) >= 11 is 0. The third kappa shape index (κ3) is 5.45. The van der Waals surface area contributed by atoms with Gasteiger partial charge in [-0.3, -0.25) is 4.79 Å². The Labute approximate surface area is 187 Å². The number of ether oxygens (including phenoxy) is 1. The van der Waals surface area contributed by atoms with Crippen molar-refractivity contribution in [2.45, 2.75) is 52.7 Å². The van der Waals surface area contributed by atoms with Gasteiger partial charge in [-0.25, -0.2) is 9.48 Å². The summed E-state index contributed by atoms with van der Waals surface area (Å²) in [6.07, 6.45) is 0.000194. The maximum Gasteiger partial charge on any atom is 0.408 e. The van der Waals surface area contributed by atoms with Gasteiger partial charge in [0.2, 0.25) is 5.91 Å². The fourth-order valence-corrected chi connectivity index (χ4v) is 3.35. The van der Waals surface area contributed by atoms with Gasteiger partial charge in [0, 0.05) is 11.1 Å². The number of carbonyl (C=O) groups excluding carboxylic acids is 2. The highest BCUT2D eigenvalue weighted by atomic mass is 16.6. The number of carbonyl (C=O) groups is 2. The Bertz CT molecular complexity index is 1130. The Morgan fingerprint density at radius 1 is 1.19 bits per heavy atom. The highest BCUT2D eigenvalue weighted by molar-refractivity contribution is 5.98. The molecule has 170 valence electrons. The molecule has 3 N–H and O–H groups in total. The van der Waals surface area contributed by atoms with Crippen molar-refractivity contribution < 1.29 is 19.4 Å². The van der Waals surface area contributed by atoms with Gasteiger partial charge in [-0.1, -0.05) is 19.1 Å². The van der Waals surface area contributed by atoms with Gasteiger partial charge in [0.1, 0.15) is 11.6 Å². The van der Waals surface area contributed by atoms with Gasteiger partial charge in [0.25, 0.3) is 0 Å². The zero-order chi connectivity index (χ0) is 23.5. The predicted molar refractivity (Wildman–Crippen MR) is 124 cm³/mol. The van der Waals surface area contributed by atoms with Gasteiger partial charge in [0.05, 0.1) is 23.5 Å². The number of fused-ring (bicyclic) bond motifs is 1. The predicted octanol–water partition coefficient (Wildman–Crippen LogP) is 3.72. The Morgan fingerprint density at radius 2 is 1.94 bits per heavy atom. The van der Waals surface area contributed by atoms with Crippen LogP contribution in [0.1, 0.15) is 39.0 Å². The maximum absolute atomic E-state index is 12.7. The Kier molecular flexibility index (Phi) is 6.84. The lowest BCUT2D eigenvalue weighted by molar-refractivity contribution is -0.119. The normalized spacial score (nSPS) is 12.4. The summed E-state index contributed by atoms with van der Waals surface area (Å²) in [5, 5.41) is 20.5. The molecule has 1 atom stereocenters. The minimum absolute atomic E-state index is 0.531. The van der Waals surface area contributed by atoms with Crippen LogP contribution < -0.4 is 10.6 Å². The molecular formula is C24H30N4O4. The van der Waals surface area contributed by atoms with E-state index in [1.807, 2.05) is 54.9 Å². The fraction of sp³-hybridized carbons (Fsp3) is 0.375. The zero-order valence-corrected chi connectivity index (χ0v) is 19.1. The minimum atomic E-state index is -1.14. The number of alkyl carbamates (subject to hydrolysis) is 1. The van der Waals surface area contributed by atoms with Gasteiger partial charge in [0.15, 0.2) is 0 Å². The number of nitrogens with zero attached hydrogens (tertiary/aromatic N) is 2. The van der Waals surface area contributed by atoms with E-state index in [1.54, 1.807) is 26.8 Å². The second kappa shape index (κ2) is 9.40. The number of aromatic nitrogens is 2. The van der Waals surface area contributed by atoms with Crippen molar-refractivity contribution in [2.75, 3.05) is 11.9 Å². The maximum atomic E-state index is 12.7. The summed E-state index contributed by atoms with van der Waals surface area (Å²) in [6.45, 7) is 8.67. The lowest BCUT2D eigenvalue weighted by atomic mass is 10.1. The van der Waals surface area contributed by atoms with Gasteiger partial charge in [-0.15, -0.1) is 0 Å². The molecule has 32 heavy (non-hydrogen) atoms. The van der Waals surface area contributed by atoms with E-state index >= 15 is 0 Å². The van der Waals surface area contributed by atoms with Crippen LogP contribution in [-0.4, -0.2) is 45.1 Å². The SMILES string of the molecule is CCc1nn(-c2cccc(C)c2)c2cc(NC(=O)[C@H](CO)NC(=O)OC(C)(C)C)ccc12. The molecule has 2 aromatic carbocycles. The minimum Gasteiger partial charge on any atom is -0.444 e. The van der Waals surface area contributed by atoms with Crippen LogP contribution in [0.5, 0.6) is 0 Å². The highest BCUT2D eigenvalue weighted by Crippen LogP contribution is 2.26. The summed E-state index contributed by atoms with van der Waals surface area (Å²) in [4.78, 5) is 24.7. The number of hydrogen-bond donors (Lipinski definition) is 3. The van der Waals surface area contributed by atoms with E-state index in [9.17, 15) is 14.7 Å².